The molecule has 0 fully saturated rings. The van der Waals surface area contributed by atoms with Crippen molar-refractivity contribution in [3.8, 4) is 0 Å². The van der Waals surface area contributed by atoms with Gasteiger partial charge in [-0.15, -0.1) is 23.6 Å². The third-order valence-electron chi connectivity index (χ3n) is 0. The Balaban J connectivity index is -0.0000000241. The van der Waals surface area contributed by atoms with Crippen LogP contribution in [0.25, 0.3) is 0 Å². The minimum absolute atomic E-state index is 0. The molecule has 0 atom stereocenters. The van der Waals surface area contributed by atoms with E-state index in [1.165, 1.54) is 0 Å². The van der Waals surface area contributed by atoms with Crippen LogP contribution in [0.5, 0.6) is 0 Å². The average molecular weight is 424 g/mol. The van der Waals surface area contributed by atoms with Crippen molar-refractivity contribution in [2.45, 2.75) is 6.92 Å². The molecule has 20 heavy (non-hydrogen) atoms. The monoisotopic (exact) mass is 423 g/mol. The van der Waals surface area contributed by atoms with Gasteiger partial charge in [-0.3, -0.25) is 0 Å². The minimum atomic E-state index is -6.00. The quantitative estimate of drug-likeness (QED) is 0.319. The summed E-state index contributed by atoms with van der Waals surface area (Å²) in [5.74, 6) is 0. The maximum atomic E-state index is 9.75. The normalized spacial score (nSPS) is 9.65. The first-order valence-electron chi connectivity index (χ1n) is 3.60. The molecule has 0 radical (unpaired) electrons. The van der Waals surface area contributed by atoms with Gasteiger partial charge < -0.3 is 53.2 Å². The summed E-state index contributed by atoms with van der Waals surface area (Å²) >= 11 is 0. The molecule has 0 aromatic carbocycles. The molecular weight excluding hydrogens is 415 g/mol. The van der Waals surface area contributed by atoms with Crippen LogP contribution in [-0.4, -0.2) is 21.8 Å². The van der Waals surface area contributed by atoms with Crippen molar-refractivity contribution in [2.24, 2.45) is 0 Å². The van der Waals surface area contributed by atoms with Gasteiger partial charge in [0.1, 0.15) is 0 Å². The zero-order valence-electron chi connectivity index (χ0n) is 11.0. The number of hydrogen-bond acceptors (Lipinski definition) is 0. The molecule has 0 saturated carbocycles. The van der Waals surface area contributed by atoms with Gasteiger partial charge in [-0.2, -0.15) is 0 Å². The van der Waals surface area contributed by atoms with Crippen LogP contribution in [0.1, 0.15) is 8.35 Å². The van der Waals surface area contributed by atoms with E-state index < -0.39 is 21.8 Å². The number of allylic oxidation sites excluding steroid dienone is 1. The number of rotatable bonds is 0. The van der Waals surface area contributed by atoms with Gasteiger partial charge >= 0.3 is 73.1 Å². The van der Waals surface area contributed by atoms with Gasteiger partial charge in [0.05, 0.1) is 0 Å². The predicted molar refractivity (Wildman–Crippen MR) is 57.9 cm³/mol. The summed E-state index contributed by atoms with van der Waals surface area (Å²) in [7, 11) is -18.0. The summed E-state index contributed by atoms with van der Waals surface area (Å²) in [6.07, 6.45) is 1.75. The van der Waals surface area contributed by atoms with E-state index in [0.29, 0.717) is 0 Å². The Labute approximate surface area is 161 Å². The standard InChI is InChI=1S/C3H6.3BF4.BrH.K.H/c1-3-2;3*2-1(3,4)5;;;/h3H,1H2,2H3;;;;1H;;/q;3*-1;;+1;-1. The van der Waals surface area contributed by atoms with Crippen molar-refractivity contribution in [3.05, 3.63) is 12.7 Å². The van der Waals surface area contributed by atoms with E-state index >= 15 is 0 Å². The van der Waals surface area contributed by atoms with Crippen LogP contribution in [0.15, 0.2) is 12.7 Å². The molecule has 0 aliphatic carbocycles. The topological polar surface area (TPSA) is 0 Å². The van der Waals surface area contributed by atoms with Crippen LogP contribution >= 0.6 is 17.0 Å². The van der Waals surface area contributed by atoms with E-state index in [0.717, 1.165) is 0 Å². The van der Waals surface area contributed by atoms with Crippen LogP contribution in [0.2, 0.25) is 0 Å². The van der Waals surface area contributed by atoms with Crippen LogP contribution in [0, 0.1) is 0 Å². The van der Waals surface area contributed by atoms with E-state index in [4.69, 9.17) is 0 Å². The molecule has 0 nitrogen and oxygen atoms in total. The molecule has 0 bridgehead atoms. The third kappa shape index (κ3) is 4340. The summed E-state index contributed by atoms with van der Waals surface area (Å²) in [6, 6.07) is 0. The van der Waals surface area contributed by atoms with Gasteiger partial charge in [-0.25, -0.2) is 0 Å². The summed E-state index contributed by atoms with van der Waals surface area (Å²) in [5, 5.41) is 0. The van der Waals surface area contributed by atoms with Crippen LogP contribution < -0.4 is 51.4 Å². The Hall–Kier alpha value is 1.21. The van der Waals surface area contributed by atoms with Crippen molar-refractivity contribution in [2.75, 3.05) is 0 Å². The summed E-state index contributed by atoms with van der Waals surface area (Å²) in [4.78, 5) is 0. The molecule has 0 rings (SSSR count). The van der Waals surface area contributed by atoms with Crippen LogP contribution in [0.4, 0.5) is 51.8 Å². The zero-order chi connectivity index (χ0) is 16.2. The second-order valence-corrected chi connectivity index (χ2v) is 1.89. The number of halogens is 13. The molecule has 0 aliphatic rings. The molecule has 0 amide bonds. The van der Waals surface area contributed by atoms with Crippen molar-refractivity contribution >= 4 is 38.7 Å². The van der Waals surface area contributed by atoms with Gasteiger partial charge in [0, 0.05) is 0 Å². The molecule has 0 heterocycles. The summed E-state index contributed by atoms with van der Waals surface area (Å²) in [6.45, 7) is 5.25. The smallest absolute Gasteiger partial charge is 1.00 e. The van der Waals surface area contributed by atoms with E-state index in [1.54, 1.807) is 6.08 Å². The van der Waals surface area contributed by atoms with E-state index in [9.17, 15) is 51.8 Å². The van der Waals surface area contributed by atoms with E-state index in [1.807, 2.05) is 6.92 Å². The third-order valence-corrected chi connectivity index (χ3v) is 0. The zero-order valence-corrected chi connectivity index (χ0v) is 14.8. The van der Waals surface area contributed by atoms with Crippen molar-refractivity contribution in [1.29, 1.82) is 0 Å². The van der Waals surface area contributed by atoms with Gasteiger partial charge in [-0.05, 0) is 6.92 Å². The minimum Gasteiger partial charge on any atom is -1.00 e. The molecule has 124 valence electrons. The molecule has 0 saturated heterocycles. The van der Waals surface area contributed by atoms with E-state index in [-0.39, 0.29) is 69.8 Å². The molecule has 0 spiro atoms. The second-order valence-electron chi connectivity index (χ2n) is 1.89. The molecule has 0 N–H and O–H groups in total. The molecule has 0 unspecified atom stereocenters. The largest absolute Gasteiger partial charge is 1.00 e. The Morgan fingerprint density at radius 2 is 0.650 bits per heavy atom. The molecule has 0 aliphatic heterocycles. The second kappa shape index (κ2) is 18.3. The first-order chi connectivity index (χ1) is 7.41. The van der Waals surface area contributed by atoms with Gasteiger partial charge in [0.2, 0.25) is 0 Å². The van der Waals surface area contributed by atoms with E-state index in [2.05, 4.69) is 6.58 Å². The summed E-state index contributed by atoms with van der Waals surface area (Å²) in [5.41, 5.74) is 0. The Kier molecular flexibility index (Phi) is 34.2. The molecule has 0 aromatic rings. The fourth-order valence-electron chi connectivity index (χ4n) is 0. The van der Waals surface area contributed by atoms with Crippen molar-refractivity contribution in [1.82, 2.24) is 0 Å². The van der Waals surface area contributed by atoms with Gasteiger partial charge in [0.15, 0.2) is 0 Å². The van der Waals surface area contributed by atoms with Crippen molar-refractivity contribution < 1.29 is 105 Å². The maximum absolute atomic E-state index is 9.75. The first-order valence-corrected chi connectivity index (χ1v) is 3.60. The number of hydrogen-bond donors (Lipinski definition) is 0. The maximum Gasteiger partial charge on any atom is 1.00 e. The SMILES string of the molecule is Br.C=CC.F[B-](F)(F)F.F[B-](F)(F)F.F[B-](F)(F)F.[H-].[K+]. The summed E-state index contributed by atoms with van der Waals surface area (Å²) < 4.78 is 117. The Morgan fingerprint density at radius 1 is 0.650 bits per heavy atom. The fraction of sp³-hybridized carbons (Fsp3) is 0.333. The van der Waals surface area contributed by atoms with Crippen LogP contribution in [0.3, 0.4) is 0 Å². The molecule has 17 heteroatoms. The van der Waals surface area contributed by atoms with Gasteiger partial charge in [-0.1, -0.05) is 6.08 Å². The first kappa shape index (κ1) is 37.4. The predicted octanol–water partition coefficient (Wildman–Crippen LogP) is 2.79. The molecule has 0 aromatic heterocycles. The Bertz CT molecular complexity index is 147. The average Bonchev–Trinajstić information content (AvgIpc) is 1.71. The van der Waals surface area contributed by atoms with Crippen LogP contribution in [-0.2, 0) is 0 Å². The fourth-order valence-corrected chi connectivity index (χ4v) is 0. The molecular formula is C3H8B3BrF12K-3. The Morgan fingerprint density at radius 3 is 0.650 bits per heavy atom. The van der Waals surface area contributed by atoms with Crippen molar-refractivity contribution in [3.63, 3.8) is 0 Å². The van der Waals surface area contributed by atoms with Gasteiger partial charge in [0.25, 0.3) is 0 Å².